The molecule has 1 fully saturated rings. The maximum atomic E-state index is 13.6. The summed E-state index contributed by atoms with van der Waals surface area (Å²) in [5, 5.41) is 11.1. The van der Waals surface area contributed by atoms with E-state index in [0.717, 1.165) is 5.56 Å². The highest BCUT2D eigenvalue weighted by Gasteiger charge is 2.45. The van der Waals surface area contributed by atoms with E-state index in [0.29, 0.717) is 30.0 Å². The smallest absolute Gasteiger partial charge is 0.295 e. The topological polar surface area (TPSA) is 70.1 Å². The van der Waals surface area contributed by atoms with E-state index in [1.807, 2.05) is 49.3 Å². The van der Waals surface area contributed by atoms with Gasteiger partial charge in [0.2, 0.25) is 0 Å². The highest BCUT2D eigenvalue weighted by atomic mass is 19.1. The second kappa shape index (κ2) is 10.5. The van der Waals surface area contributed by atoms with E-state index in [-0.39, 0.29) is 17.9 Å². The molecule has 1 aliphatic heterocycles. The van der Waals surface area contributed by atoms with Crippen LogP contribution in [-0.4, -0.2) is 53.8 Å². The fourth-order valence-corrected chi connectivity index (χ4v) is 4.02. The monoisotopic (exact) mass is 474 g/mol. The number of carbonyl (C=O) groups is 2. The van der Waals surface area contributed by atoms with Crippen LogP contribution in [0.3, 0.4) is 0 Å². The Morgan fingerprint density at radius 3 is 2.26 bits per heavy atom. The fraction of sp³-hybridized carbons (Fsp3) is 0.214. The lowest BCUT2D eigenvalue weighted by Crippen LogP contribution is -2.35. The van der Waals surface area contributed by atoms with Crippen molar-refractivity contribution in [2.75, 3.05) is 27.2 Å². The van der Waals surface area contributed by atoms with Gasteiger partial charge in [0.25, 0.3) is 11.7 Å². The van der Waals surface area contributed by atoms with Crippen molar-refractivity contribution in [3.05, 3.63) is 107 Å². The summed E-state index contributed by atoms with van der Waals surface area (Å²) in [7, 11) is 3.73. The summed E-state index contributed by atoms with van der Waals surface area (Å²) in [6, 6.07) is 21.2. The van der Waals surface area contributed by atoms with Crippen molar-refractivity contribution in [2.24, 2.45) is 0 Å². The normalized spacial score (nSPS) is 17.3. The van der Waals surface area contributed by atoms with Crippen molar-refractivity contribution >= 4 is 17.4 Å². The van der Waals surface area contributed by atoms with Crippen LogP contribution < -0.4 is 4.74 Å². The van der Waals surface area contributed by atoms with E-state index >= 15 is 0 Å². The second-order valence-corrected chi connectivity index (χ2v) is 8.65. The number of likely N-dealkylation sites (tertiary alicyclic amines) is 1. The third-order valence-electron chi connectivity index (χ3n) is 5.89. The number of hydrogen-bond acceptors (Lipinski definition) is 5. The van der Waals surface area contributed by atoms with E-state index in [1.54, 1.807) is 24.3 Å². The number of likely N-dealkylation sites (N-methyl/N-ethyl adjacent to an activating group) is 1. The first-order chi connectivity index (χ1) is 16.8. The number of hydrogen-bond donors (Lipinski definition) is 1. The van der Waals surface area contributed by atoms with Crippen LogP contribution in [0.1, 0.15) is 22.7 Å². The second-order valence-electron chi connectivity index (χ2n) is 8.65. The Labute approximate surface area is 203 Å². The maximum absolute atomic E-state index is 13.6. The quantitative estimate of drug-likeness (QED) is 0.298. The van der Waals surface area contributed by atoms with E-state index in [4.69, 9.17) is 4.74 Å². The molecule has 3 aromatic carbocycles. The number of carbonyl (C=O) groups excluding carboxylic acids is 2. The zero-order valence-electron chi connectivity index (χ0n) is 19.6. The van der Waals surface area contributed by atoms with Crippen molar-refractivity contribution in [1.82, 2.24) is 9.80 Å². The van der Waals surface area contributed by atoms with Gasteiger partial charge in [-0.15, -0.1) is 0 Å². The van der Waals surface area contributed by atoms with Crippen molar-refractivity contribution in [1.29, 1.82) is 0 Å². The number of aliphatic hydroxyl groups is 1. The molecule has 1 heterocycles. The lowest BCUT2D eigenvalue weighted by Gasteiger charge is -2.26. The summed E-state index contributed by atoms with van der Waals surface area (Å²) in [5.41, 5.74) is 1.94. The third kappa shape index (κ3) is 5.41. The van der Waals surface area contributed by atoms with Crippen molar-refractivity contribution in [3.8, 4) is 5.75 Å². The number of halogens is 1. The van der Waals surface area contributed by atoms with Gasteiger partial charge in [0.05, 0.1) is 11.6 Å². The van der Waals surface area contributed by atoms with Crippen LogP contribution in [-0.2, 0) is 16.2 Å². The lowest BCUT2D eigenvalue weighted by atomic mass is 9.95. The predicted octanol–water partition coefficient (Wildman–Crippen LogP) is 4.39. The van der Waals surface area contributed by atoms with Crippen LogP contribution in [0.25, 0.3) is 5.76 Å². The molecule has 1 unspecified atom stereocenters. The highest BCUT2D eigenvalue weighted by molar-refractivity contribution is 6.46. The van der Waals surface area contributed by atoms with E-state index < -0.39 is 23.5 Å². The SMILES string of the molecule is CN(C)CCN1C(=O)C(=O)/C(=C(/O)c2ccc(OCc3ccccc3)cc2)C1c1ccc(F)cc1. The number of benzene rings is 3. The minimum atomic E-state index is -0.815. The molecule has 1 N–H and O–H groups in total. The van der Waals surface area contributed by atoms with Gasteiger partial charge in [0.1, 0.15) is 23.9 Å². The summed E-state index contributed by atoms with van der Waals surface area (Å²) in [6.07, 6.45) is 0. The number of nitrogens with zero attached hydrogens (tertiary/aromatic N) is 2. The van der Waals surface area contributed by atoms with Crippen LogP contribution in [0.2, 0.25) is 0 Å². The molecule has 0 radical (unpaired) electrons. The number of Topliss-reactive ketones (excluding diaryl/α,β-unsaturated/α-hetero) is 1. The summed E-state index contributed by atoms with van der Waals surface area (Å²) < 4.78 is 19.4. The summed E-state index contributed by atoms with van der Waals surface area (Å²) >= 11 is 0. The number of aliphatic hydroxyl groups excluding tert-OH is 1. The summed E-state index contributed by atoms with van der Waals surface area (Å²) in [4.78, 5) is 29.3. The zero-order valence-corrected chi connectivity index (χ0v) is 19.6. The van der Waals surface area contributed by atoms with Gasteiger partial charge in [-0.05, 0) is 61.6 Å². The molecule has 0 spiro atoms. The molecule has 35 heavy (non-hydrogen) atoms. The molecular formula is C28H27FN2O4. The number of amides is 1. The Morgan fingerprint density at radius 2 is 1.63 bits per heavy atom. The molecule has 3 aromatic rings. The number of rotatable bonds is 8. The average Bonchev–Trinajstić information content (AvgIpc) is 3.12. The molecule has 1 amide bonds. The van der Waals surface area contributed by atoms with E-state index in [9.17, 15) is 19.1 Å². The van der Waals surface area contributed by atoms with Crippen molar-refractivity contribution in [3.63, 3.8) is 0 Å². The summed E-state index contributed by atoms with van der Waals surface area (Å²) in [6.45, 7) is 1.20. The standard InChI is InChI=1S/C28H27FN2O4/c1-30(2)16-17-31-25(20-8-12-22(29)13-9-20)24(27(33)28(31)34)26(32)21-10-14-23(15-11-21)35-18-19-6-4-3-5-7-19/h3-15,25,32H,16-18H2,1-2H3/b26-24+. The minimum absolute atomic E-state index is 0.0154. The van der Waals surface area contributed by atoms with Gasteiger partial charge >= 0.3 is 0 Å². The number of ketones is 1. The molecule has 0 aliphatic carbocycles. The van der Waals surface area contributed by atoms with Crippen molar-refractivity contribution < 1.29 is 23.8 Å². The predicted molar refractivity (Wildman–Crippen MR) is 131 cm³/mol. The van der Waals surface area contributed by atoms with Crippen molar-refractivity contribution in [2.45, 2.75) is 12.6 Å². The largest absolute Gasteiger partial charge is 0.507 e. The van der Waals surface area contributed by atoms with Crippen LogP contribution in [0.5, 0.6) is 5.75 Å². The molecule has 1 atom stereocenters. The first-order valence-electron chi connectivity index (χ1n) is 11.3. The Balaban J connectivity index is 1.65. The van der Waals surface area contributed by atoms with Gasteiger partial charge in [-0.3, -0.25) is 9.59 Å². The molecule has 1 aliphatic rings. The Hall–Kier alpha value is -3.97. The average molecular weight is 475 g/mol. The maximum Gasteiger partial charge on any atom is 0.295 e. The molecule has 0 saturated carbocycles. The minimum Gasteiger partial charge on any atom is -0.507 e. The highest BCUT2D eigenvalue weighted by Crippen LogP contribution is 2.39. The van der Waals surface area contributed by atoms with Gasteiger partial charge in [0, 0.05) is 18.7 Å². The Morgan fingerprint density at radius 1 is 0.971 bits per heavy atom. The summed E-state index contributed by atoms with van der Waals surface area (Å²) in [5.74, 6) is -1.55. The van der Waals surface area contributed by atoms with Gasteiger partial charge in [-0.1, -0.05) is 42.5 Å². The fourth-order valence-electron chi connectivity index (χ4n) is 4.02. The van der Waals surface area contributed by atoms with Crippen LogP contribution in [0, 0.1) is 5.82 Å². The van der Waals surface area contributed by atoms with Crippen LogP contribution in [0.4, 0.5) is 4.39 Å². The molecule has 180 valence electrons. The third-order valence-corrected chi connectivity index (χ3v) is 5.89. The lowest BCUT2D eigenvalue weighted by molar-refractivity contribution is -0.140. The van der Waals surface area contributed by atoms with E-state index in [1.165, 1.54) is 29.2 Å². The molecule has 6 nitrogen and oxygen atoms in total. The van der Waals surface area contributed by atoms with Crippen LogP contribution in [0.15, 0.2) is 84.4 Å². The van der Waals surface area contributed by atoms with Gasteiger partial charge < -0.3 is 19.6 Å². The Kier molecular flexibility index (Phi) is 7.27. The molecule has 7 heteroatoms. The zero-order chi connectivity index (χ0) is 24.9. The van der Waals surface area contributed by atoms with Gasteiger partial charge in [-0.25, -0.2) is 4.39 Å². The molecular weight excluding hydrogens is 447 g/mol. The first-order valence-corrected chi connectivity index (χ1v) is 11.3. The molecule has 0 bridgehead atoms. The molecule has 4 rings (SSSR count). The number of ether oxygens (including phenoxy) is 1. The first kappa shape index (κ1) is 24.2. The van der Waals surface area contributed by atoms with Gasteiger partial charge in [0.15, 0.2) is 0 Å². The van der Waals surface area contributed by atoms with E-state index in [2.05, 4.69) is 0 Å². The van der Waals surface area contributed by atoms with Gasteiger partial charge in [-0.2, -0.15) is 0 Å². The molecule has 0 aromatic heterocycles. The van der Waals surface area contributed by atoms with Crippen LogP contribution >= 0.6 is 0 Å². The molecule has 1 saturated heterocycles. The Bertz CT molecular complexity index is 1220.